The quantitative estimate of drug-likeness (QED) is 0.677. The summed E-state index contributed by atoms with van der Waals surface area (Å²) >= 11 is 0. The number of aliphatic hydroxyl groups is 1. The molecule has 106 valence electrons. The maximum Gasteiger partial charge on any atom is 0.222 e. The lowest BCUT2D eigenvalue weighted by atomic mass is 10.1. The number of likely N-dealkylation sites (tertiary alicyclic amines) is 1. The summed E-state index contributed by atoms with van der Waals surface area (Å²) in [5.74, 6) is 0.238. The summed E-state index contributed by atoms with van der Waals surface area (Å²) < 4.78 is 0. The molecule has 1 aliphatic heterocycles. The van der Waals surface area contributed by atoms with Crippen LogP contribution in [-0.4, -0.2) is 35.1 Å². The molecule has 0 aliphatic carbocycles. The van der Waals surface area contributed by atoms with Crippen LogP contribution in [0.25, 0.3) is 0 Å². The van der Waals surface area contributed by atoms with E-state index in [1.54, 1.807) is 0 Å². The number of carbonyl (C=O) groups is 1. The molecule has 0 aromatic carbocycles. The lowest BCUT2D eigenvalue weighted by molar-refractivity contribution is -0.134. The van der Waals surface area contributed by atoms with E-state index < -0.39 is 0 Å². The van der Waals surface area contributed by atoms with Crippen molar-refractivity contribution in [2.75, 3.05) is 13.1 Å². The van der Waals surface area contributed by atoms with Gasteiger partial charge < -0.3 is 10.0 Å². The third kappa shape index (κ3) is 6.39. The van der Waals surface area contributed by atoms with E-state index in [0.717, 1.165) is 25.8 Å². The van der Waals surface area contributed by atoms with E-state index in [-0.39, 0.29) is 12.0 Å². The van der Waals surface area contributed by atoms with Crippen LogP contribution in [0.1, 0.15) is 71.1 Å². The van der Waals surface area contributed by atoms with Gasteiger partial charge in [-0.15, -0.1) is 0 Å². The molecule has 1 amide bonds. The zero-order valence-electron chi connectivity index (χ0n) is 11.9. The standard InChI is InChI=1S/C15H29NO2/c1-2-3-4-5-6-7-8-11-15(18)16-12-9-10-14(17)13-16/h14,17H,2-13H2,1H3/t14-/m0/s1. The van der Waals surface area contributed by atoms with E-state index in [0.29, 0.717) is 13.0 Å². The highest BCUT2D eigenvalue weighted by Gasteiger charge is 2.21. The van der Waals surface area contributed by atoms with Crippen LogP contribution >= 0.6 is 0 Å². The number of amides is 1. The van der Waals surface area contributed by atoms with Crippen LogP contribution in [0.3, 0.4) is 0 Å². The average Bonchev–Trinajstić information content (AvgIpc) is 2.37. The first-order chi connectivity index (χ1) is 8.74. The minimum absolute atomic E-state index is 0.238. The smallest absolute Gasteiger partial charge is 0.222 e. The molecule has 1 atom stereocenters. The number of nitrogens with zero attached hydrogens (tertiary/aromatic N) is 1. The van der Waals surface area contributed by atoms with Crippen LogP contribution in [0.4, 0.5) is 0 Å². The summed E-state index contributed by atoms with van der Waals surface area (Å²) in [5.41, 5.74) is 0. The van der Waals surface area contributed by atoms with E-state index in [9.17, 15) is 9.90 Å². The number of carbonyl (C=O) groups excluding carboxylic acids is 1. The van der Waals surface area contributed by atoms with Crippen molar-refractivity contribution in [2.45, 2.75) is 77.2 Å². The van der Waals surface area contributed by atoms with Crippen LogP contribution < -0.4 is 0 Å². The highest BCUT2D eigenvalue weighted by Crippen LogP contribution is 2.13. The van der Waals surface area contributed by atoms with Gasteiger partial charge in [0.05, 0.1) is 6.10 Å². The molecule has 3 heteroatoms. The van der Waals surface area contributed by atoms with E-state index >= 15 is 0 Å². The van der Waals surface area contributed by atoms with Crippen molar-refractivity contribution in [1.29, 1.82) is 0 Å². The van der Waals surface area contributed by atoms with Gasteiger partial charge in [0.2, 0.25) is 5.91 Å². The summed E-state index contributed by atoms with van der Waals surface area (Å²) in [4.78, 5) is 13.7. The van der Waals surface area contributed by atoms with Crippen LogP contribution in [-0.2, 0) is 4.79 Å². The van der Waals surface area contributed by atoms with Gasteiger partial charge >= 0.3 is 0 Å². The number of β-amino-alcohol motifs (C(OH)–C–C–N with tert-alkyl or cyclic N) is 1. The van der Waals surface area contributed by atoms with Gasteiger partial charge in [-0.25, -0.2) is 0 Å². The molecule has 0 saturated carbocycles. The minimum atomic E-state index is -0.295. The molecule has 1 heterocycles. The normalized spacial score (nSPS) is 20.1. The Morgan fingerprint density at radius 1 is 1.17 bits per heavy atom. The predicted molar refractivity (Wildman–Crippen MR) is 74.4 cm³/mol. The fourth-order valence-corrected chi connectivity index (χ4v) is 2.57. The molecule has 1 fully saturated rings. The summed E-state index contributed by atoms with van der Waals surface area (Å²) in [6, 6.07) is 0. The Bertz CT molecular complexity index is 231. The van der Waals surface area contributed by atoms with Gasteiger partial charge in [-0.3, -0.25) is 4.79 Å². The van der Waals surface area contributed by atoms with Gasteiger partial charge in [0.25, 0.3) is 0 Å². The highest BCUT2D eigenvalue weighted by molar-refractivity contribution is 5.76. The highest BCUT2D eigenvalue weighted by atomic mass is 16.3. The molecule has 0 spiro atoms. The Labute approximate surface area is 112 Å². The van der Waals surface area contributed by atoms with Crippen LogP contribution in [0.5, 0.6) is 0 Å². The monoisotopic (exact) mass is 255 g/mol. The second-order valence-corrected chi connectivity index (χ2v) is 5.51. The maximum atomic E-state index is 11.9. The molecule has 18 heavy (non-hydrogen) atoms. The van der Waals surface area contributed by atoms with Gasteiger partial charge in [-0.2, -0.15) is 0 Å². The number of rotatable bonds is 8. The molecular weight excluding hydrogens is 226 g/mol. The zero-order chi connectivity index (χ0) is 13.2. The van der Waals surface area contributed by atoms with Gasteiger partial charge in [-0.1, -0.05) is 45.4 Å². The number of hydrogen-bond donors (Lipinski definition) is 1. The topological polar surface area (TPSA) is 40.5 Å². The van der Waals surface area contributed by atoms with E-state index in [1.807, 2.05) is 4.90 Å². The number of unbranched alkanes of at least 4 members (excludes halogenated alkanes) is 6. The van der Waals surface area contributed by atoms with Crippen molar-refractivity contribution in [2.24, 2.45) is 0 Å². The van der Waals surface area contributed by atoms with Crippen molar-refractivity contribution >= 4 is 5.91 Å². The van der Waals surface area contributed by atoms with Crippen LogP contribution in [0, 0.1) is 0 Å². The lowest BCUT2D eigenvalue weighted by Crippen LogP contribution is -2.42. The largest absolute Gasteiger partial charge is 0.391 e. The van der Waals surface area contributed by atoms with Crippen molar-refractivity contribution in [3.8, 4) is 0 Å². The lowest BCUT2D eigenvalue weighted by Gasteiger charge is -2.30. The maximum absolute atomic E-state index is 11.9. The predicted octanol–water partition coefficient (Wildman–Crippen LogP) is 3.11. The number of aliphatic hydroxyl groups excluding tert-OH is 1. The second kappa shape index (κ2) is 9.37. The molecule has 0 bridgehead atoms. The molecule has 0 aromatic rings. The SMILES string of the molecule is CCCCCCCCCC(=O)N1CCC[C@H](O)C1. The summed E-state index contributed by atoms with van der Waals surface area (Å²) in [5, 5.41) is 9.53. The average molecular weight is 255 g/mol. The Hall–Kier alpha value is -0.570. The second-order valence-electron chi connectivity index (χ2n) is 5.51. The molecule has 0 radical (unpaired) electrons. The molecule has 1 aliphatic rings. The Balaban J connectivity index is 1.99. The molecule has 1 saturated heterocycles. The van der Waals surface area contributed by atoms with Gasteiger partial charge in [0.15, 0.2) is 0 Å². The fraction of sp³-hybridized carbons (Fsp3) is 0.933. The van der Waals surface area contributed by atoms with Gasteiger partial charge in [0, 0.05) is 19.5 Å². The van der Waals surface area contributed by atoms with E-state index in [2.05, 4.69) is 6.92 Å². The third-order valence-corrected chi connectivity index (χ3v) is 3.74. The molecule has 0 aromatic heterocycles. The summed E-state index contributed by atoms with van der Waals surface area (Å²) in [7, 11) is 0. The van der Waals surface area contributed by atoms with Crippen molar-refractivity contribution in [3.05, 3.63) is 0 Å². The van der Waals surface area contributed by atoms with Crippen LogP contribution in [0.15, 0.2) is 0 Å². The fourth-order valence-electron chi connectivity index (χ4n) is 2.57. The first kappa shape index (κ1) is 15.5. The third-order valence-electron chi connectivity index (χ3n) is 3.74. The molecule has 0 unspecified atom stereocenters. The minimum Gasteiger partial charge on any atom is -0.391 e. The Kier molecular flexibility index (Phi) is 8.06. The zero-order valence-corrected chi connectivity index (χ0v) is 11.9. The molecule has 1 N–H and O–H groups in total. The van der Waals surface area contributed by atoms with Gasteiger partial charge in [-0.05, 0) is 19.3 Å². The number of piperidine rings is 1. The first-order valence-corrected chi connectivity index (χ1v) is 7.70. The molecular formula is C15H29NO2. The number of hydrogen-bond acceptors (Lipinski definition) is 2. The van der Waals surface area contributed by atoms with Crippen molar-refractivity contribution in [3.63, 3.8) is 0 Å². The first-order valence-electron chi connectivity index (χ1n) is 7.70. The summed E-state index contributed by atoms with van der Waals surface area (Å²) in [6.45, 7) is 3.62. The Morgan fingerprint density at radius 3 is 2.50 bits per heavy atom. The van der Waals surface area contributed by atoms with E-state index in [1.165, 1.54) is 38.5 Å². The molecule has 1 rings (SSSR count). The van der Waals surface area contributed by atoms with Gasteiger partial charge in [0.1, 0.15) is 0 Å². The Morgan fingerprint density at radius 2 is 1.83 bits per heavy atom. The van der Waals surface area contributed by atoms with E-state index in [4.69, 9.17) is 0 Å². The van der Waals surface area contributed by atoms with Crippen LogP contribution in [0.2, 0.25) is 0 Å². The van der Waals surface area contributed by atoms with Crippen molar-refractivity contribution < 1.29 is 9.90 Å². The molecule has 3 nitrogen and oxygen atoms in total. The summed E-state index contributed by atoms with van der Waals surface area (Å²) in [6.07, 6.45) is 10.9. The van der Waals surface area contributed by atoms with Crippen molar-refractivity contribution in [1.82, 2.24) is 4.90 Å².